The molecule has 116 valence electrons. The van der Waals surface area contributed by atoms with E-state index < -0.39 is 0 Å². The normalized spacial score (nSPS) is 11.5. The van der Waals surface area contributed by atoms with E-state index in [-0.39, 0.29) is 0 Å². The summed E-state index contributed by atoms with van der Waals surface area (Å²) in [7, 11) is 0. The zero-order chi connectivity index (χ0) is 16.1. The van der Waals surface area contributed by atoms with E-state index >= 15 is 0 Å². The van der Waals surface area contributed by atoms with Crippen LogP contribution in [0.1, 0.15) is 18.1 Å². The summed E-state index contributed by atoms with van der Waals surface area (Å²) < 4.78 is 8.00. The first-order valence-electron chi connectivity index (χ1n) is 7.39. The third-order valence-electron chi connectivity index (χ3n) is 3.50. The van der Waals surface area contributed by atoms with Crippen LogP contribution in [0.5, 0.6) is 5.75 Å². The first-order valence-corrected chi connectivity index (χ1v) is 7.77. The molecular formula is C19H17ClN2O. The smallest absolute Gasteiger partial charge is 0.129 e. The molecule has 0 bridgehead atoms. The van der Waals surface area contributed by atoms with Crippen molar-refractivity contribution in [2.75, 3.05) is 0 Å². The summed E-state index contributed by atoms with van der Waals surface area (Å²) in [4.78, 5) is 4.12. The first-order chi connectivity index (χ1) is 11.3. The van der Waals surface area contributed by atoms with Gasteiger partial charge in [-0.3, -0.25) is 0 Å². The molecule has 1 aromatic heterocycles. The lowest BCUT2D eigenvalue weighted by Crippen LogP contribution is -2.02. The average molecular weight is 325 g/mol. The van der Waals surface area contributed by atoms with Crippen molar-refractivity contribution in [3.05, 3.63) is 89.5 Å². The van der Waals surface area contributed by atoms with Crippen molar-refractivity contribution in [1.29, 1.82) is 0 Å². The van der Waals surface area contributed by atoms with Crippen LogP contribution in [0.25, 0.3) is 5.70 Å². The number of halogens is 1. The van der Waals surface area contributed by atoms with E-state index in [1.807, 2.05) is 72.3 Å². The Bertz CT molecular complexity index is 810. The lowest BCUT2D eigenvalue weighted by atomic mass is 10.1. The third kappa shape index (κ3) is 3.63. The Morgan fingerprint density at radius 2 is 2.09 bits per heavy atom. The van der Waals surface area contributed by atoms with Crippen LogP contribution in [0.4, 0.5) is 0 Å². The second-order valence-electron chi connectivity index (χ2n) is 5.06. The van der Waals surface area contributed by atoms with Gasteiger partial charge in [-0.25, -0.2) is 4.98 Å². The summed E-state index contributed by atoms with van der Waals surface area (Å²) in [5.74, 6) is 0.828. The highest BCUT2D eigenvalue weighted by atomic mass is 35.5. The first kappa shape index (κ1) is 15.4. The van der Waals surface area contributed by atoms with E-state index in [0.29, 0.717) is 11.6 Å². The second-order valence-corrected chi connectivity index (χ2v) is 5.50. The fraction of sp³-hybridized carbons (Fsp3) is 0.105. The van der Waals surface area contributed by atoms with Crippen LogP contribution in [0.2, 0.25) is 5.02 Å². The summed E-state index contributed by atoms with van der Waals surface area (Å²) in [6, 6.07) is 15.7. The number of ether oxygens (including phenoxy) is 1. The van der Waals surface area contributed by atoms with E-state index in [0.717, 1.165) is 22.6 Å². The summed E-state index contributed by atoms with van der Waals surface area (Å²) in [6.07, 6.45) is 7.51. The molecule has 2 aromatic carbocycles. The van der Waals surface area contributed by atoms with Crippen molar-refractivity contribution in [3.63, 3.8) is 0 Å². The molecule has 1 heterocycles. The van der Waals surface area contributed by atoms with Gasteiger partial charge in [-0.1, -0.05) is 41.9 Å². The lowest BCUT2D eigenvalue weighted by molar-refractivity contribution is 0.305. The largest absolute Gasteiger partial charge is 0.488 e. The molecule has 3 nitrogen and oxygen atoms in total. The molecule has 0 unspecified atom stereocenters. The minimum absolute atomic E-state index is 0.471. The molecule has 0 aliphatic rings. The zero-order valence-electron chi connectivity index (χ0n) is 12.8. The van der Waals surface area contributed by atoms with Gasteiger partial charge in [-0.2, -0.15) is 0 Å². The predicted molar refractivity (Wildman–Crippen MR) is 93.5 cm³/mol. The van der Waals surface area contributed by atoms with Gasteiger partial charge < -0.3 is 9.30 Å². The van der Waals surface area contributed by atoms with Crippen LogP contribution in [0.3, 0.4) is 0 Å². The van der Waals surface area contributed by atoms with Crippen molar-refractivity contribution < 1.29 is 4.74 Å². The van der Waals surface area contributed by atoms with E-state index in [1.54, 1.807) is 12.5 Å². The number of rotatable bonds is 5. The number of nitrogens with zero attached hydrogens (tertiary/aromatic N) is 2. The average Bonchev–Trinajstić information content (AvgIpc) is 3.09. The highest BCUT2D eigenvalue weighted by Crippen LogP contribution is 2.28. The Hall–Kier alpha value is -2.52. The van der Waals surface area contributed by atoms with Crippen LogP contribution >= 0.6 is 11.6 Å². The third-order valence-corrected chi connectivity index (χ3v) is 3.74. The highest BCUT2D eigenvalue weighted by molar-refractivity contribution is 6.30. The van der Waals surface area contributed by atoms with Gasteiger partial charge in [0.15, 0.2) is 0 Å². The molecule has 0 saturated heterocycles. The molecule has 0 radical (unpaired) electrons. The lowest BCUT2D eigenvalue weighted by Gasteiger charge is -2.15. The summed E-state index contributed by atoms with van der Waals surface area (Å²) in [6.45, 7) is 2.47. The molecular weight excluding hydrogens is 308 g/mol. The fourth-order valence-electron chi connectivity index (χ4n) is 2.44. The molecule has 0 fully saturated rings. The van der Waals surface area contributed by atoms with Crippen molar-refractivity contribution in [1.82, 2.24) is 9.55 Å². The van der Waals surface area contributed by atoms with Crippen LogP contribution < -0.4 is 4.74 Å². The Morgan fingerprint density at radius 3 is 2.83 bits per heavy atom. The molecule has 0 saturated carbocycles. The van der Waals surface area contributed by atoms with Crippen molar-refractivity contribution in [2.24, 2.45) is 0 Å². The van der Waals surface area contributed by atoms with Gasteiger partial charge >= 0.3 is 0 Å². The standard InChI is InChI=1S/C19H17ClN2O/c1-2-18(22-11-10-21-14-22)17-8-3-4-9-19(17)23-13-15-6-5-7-16(20)12-15/h2-12,14H,13H2,1H3/b18-2-. The van der Waals surface area contributed by atoms with Crippen molar-refractivity contribution in [3.8, 4) is 5.75 Å². The van der Waals surface area contributed by atoms with Crippen LogP contribution in [0, 0.1) is 0 Å². The number of para-hydroxylation sites is 1. The van der Waals surface area contributed by atoms with E-state index in [2.05, 4.69) is 4.98 Å². The van der Waals surface area contributed by atoms with Gasteiger partial charge in [0.05, 0.1) is 12.0 Å². The number of hydrogen-bond donors (Lipinski definition) is 0. The topological polar surface area (TPSA) is 27.1 Å². The van der Waals surface area contributed by atoms with Gasteiger partial charge in [0, 0.05) is 23.0 Å². The van der Waals surface area contributed by atoms with E-state index in [9.17, 15) is 0 Å². The number of allylic oxidation sites excluding steroid dienone is 1. The molecule has 0 aliphatic carbocycles. The van der Waals surface area contributed by atoms with Crippen LogP contribution in [-0.2, 0) is 6.61 Å². The van der Waals surface area contributed by atoms with Crippen LogP contribution in [-0.4, -0.2) is 9.55 Å². The van der Waals surface area contributed by atoms with Gasteiger partial charge in [0.1, 0.15) is 12.4 Å². The van der Waals surface area contributed by atoms with Gasteiger partial charge in [0.25, 0.3) is 0 Å². The summed E-state index contributed by atoms with van der Waals surface area (Å²) >= 11 is 6.02. The molecule has 0 amide bonds. The maximum atomic E-state index is 6.03. The minimum Gasteiger partial charge on any atom is -0.488 e. The van der Waals surface area contributed by atoms with Crippen molar-refractivity contribution in [2.45, 2.75) is 13.5 Å². The number of benzene rings is 2. The van der Waals surface area contributed by atoms with E-state index in [1.165, 1.54) is 0 Å². The van der Waals surface area contributed by atoms with Gasteiger partial charge in [-0.05, 0) is 36.8 Å². The molecule has 0 N–H and O–H groups in total. The molecule has 3 rings (SSSR count). The highest BCUT2D eigenvalue weighted by Gasteiger charge is 2.10. The maximum Gasteiger partial charge on any atom is 0.129 e. The number of aromatic nitrogens is 2. The van der Waals surface area contributed by atoms with Gasteiger partial charge in [0.2, 0.25) is 0 Å². The molecule has 0 aliphatic heterocycles. The second kappa shape index (κ2) is 7.16. The molecule has 23 heavy (non-hydrogen) atoms. The van der Waals surface area contributed by atoms with Gasteiger partial charge in [-0.15, -0.1) is 0 Å². The zero-order valence-corrected chi connectivity index (χ0v) is 13.6. The van der Waals surface area contributed by atoms with E-state index in [4.69, 9.17) is 16.3 Å². The molecule has 0 spiro atoms. The predicted octanol–water partition coefficient (Wildman–Crippen LogP) is 5.02. The quantitative estimate of drug-likeness (QED) is 0.658. The Kier molecular flexibility index (Phi) is 4.79. The fourth-order valence-corrected chi connectivity index (χ4v) is 2.65. The minimum atomic E-state index is 0.471. The van der Waals surface area contributed by atoms with Crippen LogP contribution in [0.15, 0.2) is 73.3 Å². The number of imidazole rings is 1. The Labute approximate surface area is 140 Å². The molecule has 0 atom stereocenters. The Morgan fingerprint density at radius 1 is 1.22 bits per heavy atom. The summed E-state index contributed by atoms with van der Waals surface area (Å²) in [5, 5.41) is 0.715. The SMILES string of the molecule is C/C=C(/c1ccccc1OCc1cccc(Cl)c1)n1ccnc1. The Balaban J connectivity index is 1.86. The molecule has 3 aromatic rings. The molecule has 4 heteroatoms. The monoisotopic (exact) mass is 324 g/mol. The van der Waals surface area contributed by atoms with Crippen molar-refractivity contribution >= 4 is 17.3 Å². The summed E-state index contributed by atoms with van der Waals surface area (Å²) in [5.41, 5.74) is 3.09. The maximum absolute atomic E-state index is 6.03. The number of hydrogen-bond acceptors (Lipinski definition) is 2.